The van der Waals surface area contributed by atoms with Crippen LogP contribution in [0.2, 0.25) is 0 Å². The second-order valence-corrected chi connectivity index (χ2v) is 13.2. The maximum Gasteiger partial charge on any atom is 0.272 e. The van der Waals surface area contributed by atoms with E-state index in [9.17, 15) is 14.4 Å². The maximum atomic E-state index is 13.9. The van der Waals surface area contributed by atoms with Crippen molar-refractivity contribution in [2.24, 2.45) is 11.3 Å². The Bertz CT molecular complexity index is 1630. The molecule has 2 aliphatic rings. The molecule has 2 fully saturated rings. The fourth-order valence-corrected chi connectivity index (χ4v) is 6.46. The quantitative estimate of drug-likeness (QED) is 0.287. The van der Waals surface area contributed by atoms with Crippen LogP contribution in [0.3, 0.4) is 0 Å². The number of Topliss-reactive ketones (excluding diaryl/α,β-unsaturated/α-hetero) is 1. The molecule has 0 spiro atoms. The highest BCUT2D eigenvalue weighted by atomic mass is 16.2. The summed E-state index contributed by atoms with van der Waals surface area (Å²) in [4.78, 5) is 54.3. The second-order valence-electron chi connectivity index (χ2n) is 13.2. The van der Waals surface area contributed by atoms with Crippen molar-refractivity contribution in [3.8, 4) is 11.1 Å². The van der Waals surface area contributed by atoms with E-state index in [2.05, 4.69) is 39.1 Å². The summed E-state index contributed by atoms with van der Waals surface area (Å²) < 4.78 is 0. The Morgan fingerprint density at radius 1 is 0.930 bits per heavy atom. The van der Waals surface area contributed by atoms with Crippen molar-refractivity contribution < 1.29 is 14.4 Å². The molecule has 8 heteroatoms. The van der Waals surface area contributed by atoms with Gasteiger partial charge in [0.05, 0.1) is 23.7 Å². The summed E-state index contributed by atoms with van der Waals surface area (Å²) in [6.45, 7) is 7.02. The SMILES string of the molecule is CN(C)c1ccc(-c2ccc(C(=O)N3C[C@@H]4C[C@H]3CN4C(=O)[C@@H](CC(=O)c3cc4ccccc4[nH]3)C(C)(C)C)nc2)cc1. The van der Waals surface area contributed by atoms with Gasteiger partial charge in [0.15, 0.2) is 5.78 Å². The Morgan fingerprint density at radius 3 is 2.21 bits per heavy atom. The lowest BCUT2D eigenvalue weighted by atomic mass is 9.76. The standard InChI is InChI=1S/C35H39N5O3/c1-35(2,3)28(18-32(41)31-16-23-8-6-7-9-29(23)37-31)33(42)39-20-27-17-26(39)21-40(27)34(43)30-15-12-24(19-36-30)22-10-13-25(14-11-22)38(4)5/h6-16,19,26-28,37H,17-18,20-21H2,1-5H3/t26-,27-,28+/m0/s1. The van der Waals surface area contributed by atoms with Crippen LogP contribution >= 0.6 is 0 Å². The number of fused-ring (bicyclic) bond motifs is 3. The van der Waals surface area contributed by atoms with Gasteiger partial charge in [0.2, 0.25) is 5.91 Å². The van der Waals surface area contributed by atoms with E-state index in [0.29, 0.717) is 24.5 Å². The number of hydrogen-bond donors (Lipinski definition) is 1. The predicted octanol–water partition coefficient (Wildman–Crippen LogP) is 5.66. The summed E-state index contributed by atoms with van der Waals surface area (Å²) in [5, 5.41) is 0.980. The number of H-pyrrole nitrogens is 1. The fourth-order valence-electron chi connectivity index (χ4n) is 6.46. The smallest absolute Gasteiger partial charge is 0.272 e. The Morgan fingerprint density at radius 2 is 1.60 bits per heavy atom. The van der Waals surface area contributed by atoms with Gasteiger partial charge in [0.25, 0.3) is 5.91 Å². The molecule has 0 saturated carbocycles. The van der Waals surface area contributed by atoms with Crippen LogP contribution in [0.5, 0.6) is 0 Å². The largest absolute Gasteiger partial charge is 0.378 e. The van der Waals surface area contributed by atoms with Crippen LogP contribution < -0.4 is 4.90 Å². The summed E-state index contributed by atoms with van der Waals surface area (Å²) in [5.74, 6) is -0.625. The van der Waals surface area contributed by atoms with Crippen molar-refractivity contribution in [2.45, 2.75) is 45.7 Å². The molecule has 1 N–H and O–H groups in total. The van der Waals surface area contributed by atoms with Crippen molar-refractivity contribution >= 4 is 34.2 Å². The molecule has 6 rings (SSSR count). The molecule has 2 aromatic heterocycles. The number of pyridine rings is 1. The number of benzene rings is 2. The number of nitrogens with one attached hydrogen (secondary N) is 1. The molecule has 2 aliphatic heterocycles. The Labute approximate surface area is 252 Å². The van der Waals surface area contributed by atoms with E-state index < -0.39 is 11.3 Å². The molecule has 0 radical (unpaired) electrons. The third-order valence-electron chi connectivity index (χ3n) is 9.05. The second kappa shape index (κ2) is 11.0. The summed E-state index contributed by atoms with van der Waals surface area (Å²) in [6, 6.07) is 21.5. The van der Waals surface area contributed by atoms with Gasteiger partial charge in [-0.05, 0) is 47.7 Å². The zero-order valence-electron chi connectivity index (χ0n) is 25.5. The number of carbonyl (C=O) groups excluding carboxylic acids is 3. The lowest BCUT2D eigenvalue weighted by Gasteiger charge is -2.39. The van der Waals surface area contributed by atoms with Crippen LogP contribution in [0.4, 0.5) is 5.69 Å². The Balaban J connectivity index is 1.11. The van der Waals surface area contributed by atoms with E-state index in [4.69, 9.17) is 0 Å². The molecule has 2 amide bonds. The van der Waals surface area contributed by atoms with Gasteiger partial charge in [-0.1, -0.05) is 57.2 Å². The third kappa shape index (κ3) is 5.54. The van der Waals surface area contributed by atoms with Crippen molar-refractivity contribution in [3.05, 3.63) is 84.3 Å². The first kappa shape index (κ1) is 28.6. The number of aromatic amines is 1. The monoisotopic (exact) mass is 577 g/mol. The molecule has 43 heavy (non-hydrogen) atoms. The maximum absolute atomic E-state index is 13.9. The van der Waals surface area contributed by atoms with E-state index in [1.165, 1.54) is 0 Å². The van der Waals surface area contributed by atoms with E-state index >= 15 is 0 Å². The number of anilines is 1. The average molecular weight is 578 g/mol. The Hall–Kier alpha value is -4.46. The van der Waals surface area contributed by atoms with Gasteiger partial charge < -0.3 is 19.7 Å². The molecule has 8 nitrogen and oxygen atoms in total. The van der Waals surface area contributed by atoms with Gasteiger partial charge in [-0.3, -0.25) is 19.4 Å². The first-order valence-electron chi connectivity index (χ1n) is 15.0. The van der Waals surface area contributed by atoms with Gasteiger partial charge in [-0.25, -0.2) is 0 Å². The third-order valence-corrected chi connectivity index (χ3v) is 9.05. The van der Waals surface area contributed by atoms with E-state index in [-0.39, 0.29) is 36.1 Å². The van der Waals surface area contributed by atoms with Gasteiger partial charge in [0, 0.05) is 62.0 Å². The number of para-hydroxylation sites is 1. The van der Waals surface area contributed by atoms with Crippen molar-refractivity contribution in [3.63, 3.8) is 0 Å². The highest BCUT2D eigenvalue weighted by molar-refractivity contribution is 6.01. The van der Waals surface area contributed by atoms with Crippen LogP contribution in [0.15, 0.2) is 72.9 Å². The lowest BCUT2D eigenvalue weighted by molar-refractivity contribution is -0.141. The topological polar surface area (TPSA) is 89.6 Å². The summed E-state index contributed by atoms with van der Waals surface area (Å²) in [7, 11) is 4.01. The fraction of sp³-hybridized carbons (Fsp3) is 0.371. The van der Waals surface area contributed by atoms with Gasteiger partial charge >= 0.3 is 0 Å². The molecule has 2 aromatic carbocycles. The summed E-state index contributed by atoms with van der Waals surface area (Å²) in [6.07, 6.45) is 2.64. The highest BCUT2D eigenvalue weighted by Crippen LogP contribution is 2.38. The van der Waals surface area contributed by atoms with E-state index in [1.807, 2.05) is 81.1 Å². The van der Waals surface area contributed by atoms with Gasteiger partial charge in [-0.2, -0.15) is 0 Å². The van der Waals surface area contributed by atoms with E-state index in [0.717, 1.165) is 34.1 Å². The number of piperazine rings is 1. The number of hydrogen-bond acceptors (Lipinski definition) is 5. The minimum Gasteiger partial charge on any atom is -0.378 e. The van der Waals surface area contributed by atoms with Crippen molar-refractivity contribution in [1.29, 1.82) is 0 Å². The molecular weight excluding hydrogens is 538 g/mol. The molecule has 2 saturated heterocycles. The number of aromatic nitrogens is 2. The van der Waals surface area contributed by atoms with Crippen molar-refractivity contribution in [1.82, 2.24) is 19.8 Å². The van der Waals surface area contributed by atoms with Crippen LogP contribution in [0, 0.1) is 11.3 Å². The molecule has 0 aliphatic carbocycles. The summed E-state index contributed by atoms with van der Waals surface area (Å²) >= 11 is 0. The molecular formula is C35H39N5O3. The number of likely N-dealkylation sites (tertiary alicyclic amines) is 2. The van der Waals surface area contributed by atoms with Gasteiger partial charge in [-0.15, -0.1) is 0 Å². The van der Waals surface area contributed by atoms with Crippen LogP contribution in [-0.4, -0.2) is 76.6 Å². The zero-order valence-corrected chi connectivity index (χ0v) is 25.5. The van der Waals surface area contributed by atoms with Crippen molar-refractivity contribution in [2.75, 3.05) is 32.1 Å². The van der Waals surface area contributed by atoms with Gasteiger partial charge in [0.1, 0.15) is 5.69 Å². The minimum atomic E-state index is -0.462. The molecule has 222 valence electrons. The summed E-state index contributed by atoms with van der Waals surface area (Å²) in [5.41, 5.74) is 4.58. The predicted molar refractivity (Wildman–Crippen MR) is 169 cm³/mol. The number of rotatable bonds is 7. The zero-order chi connectivity index (χ0) is 30.5. The van der Waals surface area contributed by atoms with E-state index in [1.54, 1.807) is 12.3 Å². The van der Waals surface area contributed by atoms with Crippen LogP contribution in [-0.2, 0) is 4.79 Å². The minimum absolute atomic E-state index is 0.000627. The lowest BCUT2D eigenvalue weighted by Crippen LogP contribution is -2.53. The number of ketones is 1. The molecule has 3 atom stereocenters. The number of amides is 2. The Kier molecular flexibility index (Phi) is 7.32. The number of carbonyl (C=O) groups is 3. The first-order chi connectivity index (χ1) is 20.5. The first-order valence-corrected chi connectivity index (χ1v) is 15.0. The molecule has 0 unspecified atom stereocenters. The van der Waals surface area contributed by atoms with Crippen LogP contribution in [0.1, 0.15) is 54.6 Å². The average Bonchev–Trinajstić information content (AvgIpc) is 3.73. The van der Waals surface area contributed by atoms with Crippen LogP contribution in [0.25, 0.3) is 22.0 Å². The molecule has 4 heterocycles. The molecule has 4 aromatic rings. The normalized spacial score (nSPS) is 18.7. The number of nitrogens with zero attached hydrogens (tertiary/aromatic N) is 4. The highest BCUT2D eigenvalue weighted by Gasteiger charge is 2.50. The molecule has 2 bridgehead atoms.